The number of benzene rings is 10. The second kappa shape index (κ2) is 14.0. The van der Waals surface area contributed by atoms with Crippen LogP contribution in [0.4, 0.5) is 0 Å². The van der Waals surface area contributed by atoms with E-state index in [1.807, 2.05) is 133 Å². The summed E-state index contributed by atoms with van der Waals surface area (Å²) in [7, 11) is -5.99. The van der Waals surface area contributed by atoms with Gasteiger partial charge in [0.25, 0.3) is 0 Å². The Labute approximate surface area is 337 Å². The summed E-state index contributed by atoms with van der Waals surface area (Å²) in [6.45, 7) is 0. The molecule has 0 fully saturated rings. The SMILES string of the molecule is OP(O)(O)(c1cc2ccc(-c3ccccc3)cc2cc1-c1ccccc1)c1ccc2ccccc2c1-c1cc2ccc(-c3ccccc3)cc2cc1-c1ccccc1. The van der Waals surface area contributed by atoms with Crippen LogP contribution in [0, 0.1) is 0 Å². The first kappa shape index (κ1) is 35.7. The Morgan fingerprint density at radius 3 is 1.26 bits per heavy atom. The van der Waals surface area contributed by atoms with Crippen LogP contribution in [0.3, 0.4) is 0 Å². The van der Waals surface area contributed by atoms with Crippen LogP contribution >= 0.6 is 7.28 Å². The summed E-state index contributed by atoms with van der Waals surface area (Å²) >= 11 is 0. The molecule has 0 atom stereocenters. The van der Waals surface area contributed by atoms with Gasteiger partial charge in [-0.3, -0.25) is 0 Å². The zero-order chi connectivity index (χ0) is 39.3. The van der Waals surface area contributed by atoms with Crippen LogP contribution in [0.2, 0.25) is 0 Å². The standard InChI is InChI=1S/C54H39O3P/c55-58(56,57,53-36-45-28-26-43(38-17-7-2-8-18-38)32-47(45)35-50(53)40-21-11-4-12-22-40)52-30-29-41-23-13-14-24-48(41)54(52)51-33-44-27-25-42(37-15-5-1-6-16-37)31-46(44)34-49(51)39-19-9-3-10-20-39/h1-36,55-57H. The Morgan fingerprint density at radius 1 is 0.259 bits per heavy atom. The summed E-state index contributed by atoms with van der Waals surface area (Å²) in [6, 6.07) is 72.6. The van der Waals surface area contributed by atoms with Gasteiger partial charge in [-0.15, -0.1) is 0 Å². The van der Waals surface area contributed by atoms with Gasteiger partial charge in [-0.2, -0.15) is 0 Å². The van der Waals surface area contributed by atoms with Crippen molar-refractivity contribution in [2.45, 2.75) is 0 Å². The molecule has 10 aromatic carbocycles. The quantitative estimate of drug-likeness (QED) is 0.142. The van der Waals surface area contributed by atoms with Crippen LogP contribution in [0.15, 0.2) is 218 Å². The summed E-state index contributed by atoms with van der Waals surface area (Å²) in [6.07, 6.45) is 0. The fourth-order valence-corrected chi connectivity index (χ4v) is 10.7. The fraction of sp³-hybridized carbons (Fsp3) is 0. The number of rotatable bonds is 7. The molecule has 0 aromatic heterocycles. The third kappa shape index (κ3) is 6.28. The molecule has 0 aliphatic rings. The molecule has 4 heteroatoms. The van der Waals surface area contributed by atoms with E-state index in [9.17, 15) is 14.7 Å². The van der Waals surface area contributed by atoms with Crippen molar-refractivity contribution in [3.63, 3.8) is 0 Å². The normalized spacial score (nSPS) is 12.4. The molecule has 0 radical (unpaired) electrons. The topological polar surface area (TPSA) is 60.7 Å². The number of fused-ring (bicyclic) bond motifs is 3. The summed E-state index contributed by atoms with van der Waals surface area (Å²) in [5.41, 5.74) is 8.95. The molecule has 0 aliphatic carbocycles. The average Bonchev–Trinajstić information content (AvgIpc) is 3.28. The fourth-order valence-electron chi connectivity index (χ4n) is 8.47. The van der Waals surface area contributed by atoms with E-state index in [2.05, 4.69) is 72.8 Å². The van der Waals surface area contributed by atoms with E-state index in [1.54, 1.807) is 12.1 Å². The van der Waals surface area contributed by atoms with Gasteiger partial charge in [0, 0.05) is 0 Å². The zero-order valence-corrected chi connectivity index (χ0v) is 32.5. The molecule has 0 amide bonds. The maximum absolute atomic E-state index is 13.1. The molecular weight excluding hydrogens is 728 g/mol. The van der Waals surface area contributed by atoms with Crippen molar-refractivity contribution in [2.75, 3.05) is 0 Å². The molecule has 0 bridgehead atoms. The van der Waals surface area contributed by atoms with Crippen LogP contribution in [0.1, 0.15) is 0 Å². The van der Waals surface area contributed by atoms with Gasteiger partial charge in [-0.1, -0.05) is 0 Å². The van der Waals surface area contributed by atoms with Gasteiger partial charge in [0.05, 0.1) is 0 Å². The molecule has 3 nitrogen and oxygen atoms in total. The third-order valence-electron chi connectivity index (χ3n) is 11.4. The predicted octanol–water partition coefficient (Wildman–Crippen LogP) is 12.7. The van der Waals surface area contributed by atoms with Crippen molar-refractivity contribution < 1.29 is 14.7 Å². The molecule has 0 saturated heterocycles. The number of hydrogen-bond donors (Lipinski definition) is 3. The van der Waals surface area contributed by atoms with Gasteiger partial charge >= 0.3 is 339 Å². The van der Waals surface area contributed by atoms with E-state index in [1.165, 1.54) is 0 Å². The van der Waals surface area contributed by atoms with E-state index in [-0.39, 0.29) is 10.6 Å². The van der Waals surface area contributed by atoms with E-state index < -0.39 is 7.28 Å². The molecule has 0 unspecified atom stereocenters. The summed E-state index contributed by atoms with van der Waals surface area (Å²) < 4.78 is 0. The Hall–Kier alpha value is -6.71. The summed E-state index contributed by atoms with van der Waals surface area (Å²) in [5, 5.41) is 5.64. The first-order valence-corrected chi connectivity index (χ1v) is 21.6. The van der Waals surface area contributed by atoms with Crippen molar-refractivity contribution in [1.29, 1.82) is 0 Å². The molecule has 0 heterocycles. The zero-order valence-electron chi connectivity index (χ0n) is 31.6. The van der Waals surface area contributed by atoms with E-state index in [4.69, 9.17) is 0 Å². The van der Waals surface area contributed by atoms with Crippen LogP contribution in [-0.4, -0.2) is 14.7 Å². The van der Waals surface area contributed by atoms with Crippen molar-refractivity contribution in [1.82, 2.24) is 0 Å². The Bertz CT molecular complexity index is 3140. The Kier molecular flexibility index (Phi) is 8.64. The van der Waals surface area contributed by atoms with E-state index in [0.29, 0.717) is 11.1 Å². The molecule has 0 spiro atoms. The minimum absolute atomic E-state index is 0.0829. The third-order valence-corrected chi connectivity index (χ3v) is 13.9. The van der Waals surface area contributed by atoms with Crippen LogP contribution in [-0.2, 0) is 0 Å². The van der Waals surface area contributed by atoms with Gasteiger partial charge in [0.15, 0.2) is 0 Å². The maximum atomic E-state index is 13.1. The van der Waals surface area contributed by atoms with E-state index in [0.717, 1.165) is 76.8 Å². The van der Waals surface area contributed by atoms with Crippen molar-refractivity contribution in [3.8, 4) is 55.6 Å². The number of hydrogen-bond acceptors (Lipinski definition) is 3. The van der Waals surface area contributed by atoms with Crippen LogP contribution < -0.4 is 10.6 Å². The summed E-state index contributed by atoms with van der Waals surface area (Å²) in [4.78, 5) is 39.4. The Balaban J connectivity index is 1.26. The second-order valence-corrected chi connectivity index (χ2v) is 17.9. The molecular formula is C54H39O3P. The first-order valence-electron chi connectivity index (χ1n) is 19.5. The van der Waals surface area contributed by atoms with Crippen LogP contribution in [0.25, 0.3) is 88.0 Å². The molecule has 58 heavy (non-hydrogen) atoms. The predicted molar refractivity (Wildman–Crippen MR) is 245 cm³/mol. The molecule has 10 rings (SSSR count). The first-order chi connectivity index (χ1) is 28.3. The van der Waals surface area contributed by atoms with Gasteiger partial charge in [0.2, 0.25) is 0 Å². The van der Waals surface area contributed by atoms with Crippen molar-refractivity contribution in [3.05, 3.63) is 218 Å². The van der Waals surface area contributed by atoms with E-state index >= 15 is 0 Å². The van der Waals surface area contributed by atoms with Gasteiger partial charge in [0.1, 0.15) is 0 Å². The molecule has 0 saturated carbocycles. The second-order valence-electron chi connectivity index (χ2n) is 15.0. The molecule has 3 N–H and O–H groups in total. The van der Waals surface area contributed by atoms with Crippen molar-refractivity contribution >= 4 is 50.2 Å². The Morgan fingerprint density at radius 2 is 0.690 bits per heavy atom. The summed E-state index contributed by atoms with van der Waals surface area (Å²) in [5.74, 6) is 0. The van der Waals surface area contributed by atoms with Gasteiger partial charge in [-0.25, -0.2) is 0 Å². The molecule has 278 valence electrons. The van der Waals surface area contributed by atoms with Crippen LogP contribution in [0.5, 0.6) is 0 Å². The molecule has 10 aromatic rings. The van der Waals surface area contributed by atoms with Gasteiger partial charge < -0.3 is 0 Å². The molecule has 0 aliphatic heterocycles. The average molecular weight is 767 g/mol. The van der Waals surface area contributed by atoms with Crippen molar-refractivity contribution in [2.24, 2.45) is 0 Å². The monoisotopic (exact) mass is 766 g/mol. The van der Waals surface area contributed by atoms with Gasteiger partial charge in [-0.05, 0) is 0 Å². The minimum atomic E-state index is -5.99.